The molecule has 1 N–H and O–H groups in total. The lowest BCUT2D eigenvalue weighted by Crippen LogP contribution is -2.30. The summed E-state index contributed by atoms with van der Waals surface area (Å²) in [6.45, 7) is 7.70. The van der Waals surface area contributed by atoms with E-state index in [2.05, 4.69) is 31.0 Å². The fraction of sp³-hybridized carbons (Fsp3) is 0.250. The van der Waals surface area contributed by atoms with Crippen LogP contribution in [0, 0.1) is 10.1 Å². The Morgan fingerprint density at radius 3 is 2.33 bits per heavy atom. The van der Waals surface area contributed by atoms with Crippen molar-refractivity contribution in [3.8, 4) is 5.75 Å². The third-order valence-corrected chi connectivity index (χ3v) is 4.86. The predicted molar refractivity (Wildman–Crippen MR) is 122 cm³/mol. The third kappa shape index (κ3) is 5.29. The minimum Gasteiger partial charge on any atom is -0.489 e. The number of benzene rings is 3. The molecule has 0 radical (unpaired) electrons. The van der Waals surface area contributed by atoms with Crippen LogP contribution in [0.5, 0.6) is 5.75 Å². The molecule has 0 saturated carbocycles. The molecule has 6 nitrogen and oxygen atoms in total. The summed E-state index contributed by atoms with van der Waals surface area (Å²) in [7, 11) is 0. The Balaban J connectivity index is 1.74. The van der Waals surface area contributed by atoms with Gasteiger partial charge in [-0.3, -0.25) is 10.1 Å². The van der Waals surface area contributed by atoms with Crippen molar-refractivity contribution in [1.29, 1.82) is 0 Å². The monoisotopic (exact) mass is 405 g/mol. The Kier molecular flexibility index (Phi) is 6.91. The van der Waals surface area contributed by atoms with Gasteiger partial charge in [-0.05, 0) is 62.7 Å². The summed E-state index contributed by atoms with van der Waals surface area (Å²) < 4.78 is 5.73. The summed E-state index contributed by atoms with van der Waals surface area (Å²) >= 11 is 0. The lowest BCUT2D eigenvalue weighted by atomic mass is 10.2. The molecule has 3 rings (SSSR count). The van der Waals surface area contributed by atoms with Crippen LogP contribution in [0.15, 0.2) is 72.8 Å². The summed E-state index contributed by atoms with van der Waals surface area (Å²) in [6, 6.07) is 22.9. The average Bonchev–Trinajstić information content (AvgIpc) is 2.75. The van der Waals surface area contributed by atoms with Crippen molar-refractivity contribution in [2.24, 2.45) is 0 Å². The van der Waals surface area contributed by atoms with E-state index in [0.29, 0.717) is 24.1 Å². The van der Waals surface area contributed by atoms with E-state index in [1.807, 2.05) is 54.6 Å². The van der Waals surface area contributed by atoms with Gasteiger partial charge in [0.2, 0.25) is 0 Å². The van der Waals surface area contributed by atoms with Crippen LogP contribution in [0.25, 0.3) is 0 Å². The number of hydrogen-bond donors (Lipinski definition) is 1. The standard InChI is InChI=1S/C24H27N3O3/c1-4-26(18(2)3)21-12-10-20(11-13-21)25-23-15-14-22(16-24(23)27(28)29)30-17-19-8-6-5-7-9-19/h5-16,18,25H,4,17H2,1-3H3. The van der Waals surface area contributed by atoms with Gasteiger partial charge < -0.3 is 15.0 Å². The molecule has 0 atom stereocenters. The minimum atomic E-state index is -0.399. The van der Waals surface area contributed by atoms with Gasteiger partial charge in [0.15, 0.2) is 0 Å². The molecular weight excluding hydrogens is 378 g/mol. The van der Waals surface area contributed by atoms with Gasteiger partial charge >= 0.3 is 0 Å². The lowest BCUT2D eigenvalue weighted by Gasteiger charge is -2.27. The Hall–Kier alpha value is -3.54. The predicted octanol–water partition coefficient (Wildman–Crippen LogP) is 6.15. The van der Waals surface area contributed by atoms with E-state index in [1.165, 1.54) is 6.07 Å². The normalized spacial score (nSPS) is 10.7. The molecule has 3 aromatic carbocycles. The van der Waals surface area contributed by atoms with Gasteiger partial charge in [-0.25, -0.2) is 0 Å². The van der Waals surface area contributed by atoms with E-state index in [1.54, 1.807) is 12.1 Å². The number of nitrogens with zero attached hydrogens (tertiary/aromatic N) is 2. The molecule has 156 valence electrons. The summed E-state index contributed by atoms with van der Waals surface area (Å²) in [5.41, 5.74) is 3.32. The maximum atomic E-state index is 11.6. The number of nitrogens with one attached hydrogen (secondary N) is 1. The molecule has 0 unspecified atom stereocenters. The van der Waals surface area contributed by atoms with Crippen molar-refractivity contribution in [1.82, 2.24) is 0 Å². The molecule has 0 bridgehead atoms. The molecule has 0 spiro atoms. The Morgan fingerprint density at radius 2 is 1.73 bits per heavy atom. The molecule has 0 aliphatic rings. The number of rotatable bonds is 9. The zero-order valence-electron chi connectivity index (χ0n) is 17.5. The highest BCUT2D eigenvalue weighted by molar-refractivity contribution is 5.71. The Morgan fingerprint density at radius 1 is 1.03 bits per heavy atom. The molecule has 30 heavy (non-hydrogen) atoms. The largest absolute Gasteiger partial charge is 0.489 e. The molecule has 0 heterocycles. The first-order chi connectivity index (χ1) is 14.5. The van der Waals surface area contributed by atoms with Gasteiger partial charge in [0.25, 0.3) is 5.69 Å². The van der Waals surface area contributed by atoms with Crippen LogP contribution in [0.3, 0.4) is 0 Å². The van der Waals surface area contributed by atoms with Gasteiger partial charge in [0.05, 0.1) is 11.0 Å². The number of nitro groups is 1. The number of ether oxygens (including phenoxy) is 1. The maximum absolute atomic E-state index is 11.6. The zero-order chi connectivity index (χ0) is 21.5. The molecule has 0 aromatic heterocycles. The van der Waals surface area contributed by atoms with Crippen LogP contribution in [-0.2, 0) is 6.61 Å². The lowest BCUT2D eigenvalue weighted by molar-refractivity contribution is -0.384. The van der Waals surface area contributed by atoms with Crippen molar-refractivity contribution in [2.75, 3.05) is 16.8 Å². The zero-order valence-corrected chi connectivity index (χ0v) is 17.5. The smallest absolute Gasteiger partial charge is 0.296 e. The van der Waals surface area contributed by atoms with Crippen LogP contribution in [-0.4, -0.2) is 17.5 Å². The second kappa shape index (κ2) is 9.78. The van der Waals surface area contributed by atoms with E-state index < -0.39 is 4.92 Å². The third-order valence-electron chi connectivity index (χ3n) is 4.86. The van der Waals surface area contributed by atoms with Gasteiger partial charge in [0, 0.05) is 24.0 Å². The molecule has 3 aromatic rings. The van der Waals surface area contributed by atoms with E-state index in [0.717, 1.165) is 23.5 Å². The highest BCUT2D eigenvalue weighted by atomic mass is 16.6. The topological polar surface area (TPSA) is 67.6 Å². The molecule has 0 fully saturated rings. The summed E-state index contributed by atoms with van der Waals surface area (Å²) in [6.07, 6.45) is 0. The first-order valence-electron chi connectivity index (χ1n) is 10.1. The second-order valence-corrected chi connectivity index (χ2v) is 7.26. The number of hydrogen-bond acceptors (Lipinski definition) is 5. The fourth-order valence-electron chi connectivity index (χ4n) is 3.34. The van der Waals surface area contributed by atoms with E-state index in [-0.39, 0.29) is 5.69 Å². The van der Waals surface area contributed by atoms with Crippen LogP contribution < -0.4 is 15.0 Å². The molecular formula is C24H27N3O3. The molecule has 0 aliphatic heterocycles. The molecule has 6 heteroatoms. The second-order valence-electron chi connectivity index (χ2n) is 7.26. The van der Waals surface area contributed by atoms with Crippen LogP contribution >= 0.6 is 0 Å². The van der Waals surface area contributed by atoms with Crippen LogP contribution in [0.1, 0.15) is 26.3 Å². The van der Waals surface area contributed by atoms with Crippen LogP contribution in [0.4, 0.5) is 22.7 Å². The van der Waals surface area contributed by atoms with Crippen molar-refractivity contribution in [3.05, 3.63) is 88.5 Å². The minimum absolute atomic E-state index is 0.0259. The van der Waals surface area contributed by atoms with E-state index >= 15 is 0 Å². The average molecular weight is 405 g/mol. The van der Waals surface area contributed by atoms with Crippen molar-refractivity contribution in [2.45, 2.75) is 33.4 Å². The van der Waals surface area contributed by atoms with Crippen molar-refractivity contribution >= 4 is 22.7 Å². The quantitative estimate of drug-likeness (QED) is 0.341. The molecule has 0 aliphatic carbocycles. The highest BCUT2D eigenvalue weighted by Crippen LogP contribution is 2.32. The Labute approximate surface area is 177 Å². The highest BCUT2D eigenvalue weighted by Gasteiger charge is 2.16. The Bertz CT molecular complexity index is 973. The first kappa shape index (κ1) is 21.2. The number of anilines is 3. The van der Waals surface area contributed by atoms with Gasteiger partial charge in [-0.1, -0.05) is 30.3 Å². The van der Waals surface area contributed by atoms with Crippen molar-refractivity contribution in [3.63, 3.8) is 0 Å². The summed E-state index contributed by atoms with van der Waals surface area (Å²) in [5, 5.41) is 14.8. The fourth-order valence-corrected chi connectivity index (χ4v) is 3.34. The van der Waals surface area contributed by atoms with Gasteiger partial charge in [0.1, 0.15) is 18.0 Å². The van der Waals surface area contributed by atoms with Crippen molar-refractivity contribution < 1.29 is 9.66 Å². The number of nitro benzene ring substituents is 1. The van der Waals surface area contributed by atoms with E-state index in [9.17, 15) is 10.1 Å². The van der Waals surface area contributed by atoms with Gasteiger partial charge in [-0.2, -0.15) is 0 Å². The summed E-state index contributed by atoms with van der Waals surface area (Å²) in [4.78, 5) is 13.5. The van der Waals surface area contributed by atoms with Crippen LogP contribution in [0.2, 0.25) is 0 Å². The molecule has 0 amide bonds. The summed E-state index contributed by atoms with van der Waals surface area (Å²) in [5.74, 6) is 0.460. The van der Waals surface area contributed by atoms with E-state index in [4.69, 9.17) is 4.74 Å². The SMILES string of the molecule is CCN(c1ccc(Nc2ccc(OCc3ccccc3)cc2[N+](=O)[O-])cc1)C(C)C. The first-order valence-corrected chi connectivity index (χ1v) is 10.1. The van der Waals surface area contributed by atoms with Gasteiger partial charge in [-0.15, -0.1) is 0 Å². The maximum Gasteiger partial charge on any atom is 0.296 e. The molecule has 0 saturated heterocycles.